The first-order valence-corrected chi connectivity index (χ1v) is 16.6. The van der Waals surface area contributed by atoms with Gasteiger partial charge in [-0.15, -0.1) is 0 Å². The second kappa shape index (κ2) is 11.0. The lowest BCUT2D eigenvalue weighted by molar-refractivity contribution is 0.670. The third-order valence-electron chi connectivity index (χ3n) is 9.63. The van der Waals surface area contributed by atoms with Crippen molar-refractivity contribution in [3.63, 3.8) is 0 Å². The highest BCUT2D eigenvalue weighted by molar-refractivity contribution is 6.18. The molecule has 0 spiro atoms. The highest BCUT2D eigenvalue weighted by atomic mass is 16.3. The molecule has 10 aromatic rings. The van der Waals surface area contributed by atoms with E-state index in [1.165, 1.54) is 16.3 Å². The Morgan fingerprint density at radius 2 is 1.04 bits per heavy atom. The molecule has 3 nitrogen and oxygen atoms in total. The average molecular weight is 625 g/mol. The van der Waals surface area contributed by atoms with Crippen LogP contribution in [0, 0.1) is 0 Å². The van der Waals surface area contributed by atoms with Gasteiger partial charge >= 0.3 is 0 Å². The number of hydrogen-bond donors (Lipinski definition) is 0. The van der Waals surface area contributed by atoms with Gasteiger partial charge in [0, 0.05) is 32.8 Å². The van der Waals surface area contributed by atoms with Crippen molar-refractivity contribution in [2.45, 2.75) is 0 Å². The molecule has 0 aliphatic heterocycles. The maximum Gasteiger partial charge on any atom is 0.161 e. The minimum atomic E-state index is 0.676. The lowest BCUT2D eigenvalue weighted by Crippen LogP contribution is -1.96. The Labute approximate surface area is 282 Å². The van der Waals surface area contributed by atoms with Crippen molar-refractivity contribution >= 4 is 54.4 Å². The lowest BCUT2D eigenvalue weighted by Gasteiger charge is -2.12. The lowest BCUT2D eigenvalue weighted by atomic mass is 9.94. The molecule has 0 amide bonds. The Balaban J connectivity index is 1.23. The summed E-state index contributed by atoms with van der Waals surface area (Å²) >= 11 is 0. The molecule has 0 saturated carbocycles. The van der Waals surface area contributed by atoms with E-state index in [1.54, 1.807) is 0 Å². The molecule has 0 unspecified atom stereocenters. The average Bonchev–Trinajstić information content (AvgIpc) is 3.54. The van der Waals surface area contributed by atoms with Gasteiger partial charge in [-0.2, -0.15) is 0 Å². The maximum absolute atomic E-state index is 6.86. The van der Waals surface area contributed by atoms with Crippen LogP contribution >= 0.6 is 0 Å². The van der Waals surface area contributed by atoms with Crippen LogP contribution in [0.1, 0.15) is 0 Å². The molecule has 0 N–H and O–H groups in total. The molecule has 0 aliphatic carbocycles. The molecule has 228 valence electrons. The Kier molecular flexibility index (Phi) is 6.18. The molecule has 0 radical (unpaired) electrons. The molecule has 10 rings (SSSR count). The minimum Gasteiger partial charge on any atom is -0.455 e. The van der Waals surface area contributed by atoms with Crippen LogP contribution in [0.4, 0.5) is 0 Å². The van der Waals surface area contributed by atoms with Crippen molar-refractivity contribution < 1.29 is 4.42 Å². The van der Waals surface area contributed by atoms with E-state index in [0.717, 1.165) is 77.1 Å². The van der Waals surface area contributed by atoms with Crippen LogP contribution < -0.4 is 0 Å². The molecule has 0 fully saturated rings. The van der Waals surface area contributed by atoms with E-state index in [0.29, 0.717) is 5.82 Å². The van der Waals surface area contributed by atoms with E-state index in [2.05, 4.69) is 152 Å². The van der Waals surface area contributed by atoms with Gasteiger partial charge in [-0.3, -0.25) is 0 Å². The van der Waals surface area contributed by atoms with Crippen molar-refractivity contribution in [1.82, 2.24) is 9.97 Å². The smallest absolute Gasteiger partial charge is 0.161 e. The number of para-hydroxylation sites is 1. The standard InChI is InChI=1S/C46H28N2O/c1-2-12-30(13-3-1)44-38-19-8-9-20-41(38)47-46(48-44)39-24-23-37(45-43(39)40-27-33-15-6-7-16-34(33)28-42(40)49-45)36-18-10-17-32(26-36)35-22-21-29-11-4-5-14-31(29)25-35/h1-28H. The second-order valence-electron chi connectivity index (χ2n) is 12.6. The monoisotopic (exact) mass is 624 g/mol. The van der Waals surface area contributed by atoms with Crippen molar-refractivity contribution in [3.05, 3.63) is 170 Å². The van der Waals surface area contributed by atoms with Crippen LogP contribution in [0.2, 0.25) is 0 Å². The Morgan fingerprint density at radius 3 is 1.90 bits per heavy atom. The summed E-state index contributed by atoms with van der Waals surface area (Å²) in [6.07, 6.45) is 0. The molecule has 0 saturated heterocycles. The van der Waals surface area contributed by atoms with Gasteiger partial charge in [0.25, 0.3) is 0 Å². The minimum absolute atomic E-state index is 0.676. The number of furan rings is 1. The van der Waals surface area contributed by atoms with Crippen LogP contribution in [0.5, 0.6) is 0 Å². The molecule has 0 atom stereocenters. The van der Waals surface area contributed by atoms with Crippen molar-refractivity contribution in [1.29, 1.82) is 0 Å². The van der Waals surface area contributed by atoms with Crippen molar-refractivity contribution in [2.75, 3.05) is 0 Å². The summed E-state index contributed by atoms with van der Waals surface area (Å²) in [5, 5.41) is 7.87. The molecule has 0 aliphatic rings. The van der Waals surface area contributed by atoms with Gasteiger partial charge in [-0.05, 0) is 80.7 Å². The Morgan fingerprint density at radius 1 is 0.388 bits per heavy atom. The van der Waals surface area contributed by atoms with Crippen LogP contribution in [-0.4, -0.2) is 9.97 Å². The zero-order valence-corrected chi connectivity index (χ0v) is 26.5. The predicted molar refractivity (Wildman–Crippen MR) is 204 cm³/mol. The number of aromatic nitrogens is 2. The van der Waals surface area contributed by atoms with Gasteiger partial charge in [0.05, 0.1) is 11.2 Å². The predicted octanol–water partition coefficient (Wildman–Crippen LogP) is 12.5. The van der Waals surface area contributed by atoms with Gasteiger partial charge in [0.2, 0.25) is 0 Å². The largest absolute Gasteiger partial charge is 0.455 e. The molecule has 2 aromatic heterocycles. The molecular weight excluding hydrogens is 597 g/mol. The summed E-state index contributed by atoms with van der Waals surface area (Å²) < 4.78 is 6.86. The van der Waals surface area contributed by atoms with Crippen LogP contribution in [0.3, 0.4) is 0 Å². The summed E-state index contributed by atoms with van der Waals surface area (Å²) in [5.74, 6) is 0.676. The van der Waals surface area contributed by atoms with E-state index in [-0.39, 0.29) is 0 Å². The number of hydrogen-bond acceptors (Lipinski definition) is 3. The molecule has 49 heavy (non-hydrogen) atoms. The van der Waals surface area contributed by atoms with Crippen molar-refractivity contribution in [3.8, 4) is 44.9 Å². The van der Waals surface area contributed by atoms with Gasteiger partial charge in [-0.1, -0.05) is 127 Å². The normalized spacial score (nSPS) is 11.7. The van der Waals surface area contributed by atoms with Gasteiger partial charge in [0.1, 0.15) is 11.2 Å². The zero-order chi connectivity index (χ0) is 32.3. The van der Waals surface area contributed by atoms with E-state index in [1.807, 2.05) is 18.2 Å². The van der Waals surface area contributed by atoms with E-state index in [4.69, 9.17) is 14.4 Å². The summed E-state index contributed by atoms with van der Waals surface area (Å²) in [5.41, 5.74) is 9.97. The SMILES string of the molecule is c1ccc(-c2nc(-c3ccc(-c4cccc(-c5ccc6ccccc6c5)c4)c4oc5cc6ccccc6cc5c34)nc3ccccc23)cc1. The highest BCUT2D eigenvalue weighted by Gasteiger charge is 2.21. The fourth-order valence-corrected chi connectivity index (χ4v) is 7.23. The summed E-state index contributed by atoms with van der Waals surface area (Å²) in [4.78, 5) is 10.4. The topological polar surface area (TPSA) is 38.9 Å². The summed E-state index contributed by atoms with van der Waals surface area (Å²) in [7, 11) is 0. The first kappa shape index (κ1) is 27.5. The molecule has 3 heteroatoms. The van der Waals surface area contributed by atoms with E-state index >= 15 is 0 Å². The molecule has 0 bridgehead atoms. The Hall–Kier alpha value is -6.58. The van der Waals surface area contributed by atoms with E-state index in [9.17, 15) is 0 Å². The van der Waals surface area contributed by atoms with Crippen LogP contribution in [0.25, 0.3) is 99.3 Å². The number of nitrogens with zero attached hydrogens (tertiary/aromatic N) is 2. The first-order chi connectivity index (χ1) is 24.3. The third-order valence-corrected chi connectivity index (χ3v) is 9.63. The zero-order valence-electron chi connectivity index (χ0n) is 26.5. The third kappa shape index (κ3) is 4.59. The summed E-state index contributed by atoms with van der Waals surface area (Å²) in [6, 6.07) is 59.7. The molecule has 2 heterocycles. The van der Waals surface area contributed by atoms with Crippen LogP contribution in [-0.2, 0) is 0 Å². The molecular formula is C46H28N2O. The second-order valence-corrected chi connectivity index (χ2v) is 12.6. The summed E-state index contributed by atoms with van der Waals surface area (Å²) in [6.45, 7) is 0. The van der Waals surface area contributed by atoms with Gasteiger partial charge in [-0.25, -0.2) is 9.97 Å². The van der Waals surface area contributed by atoms with Gasteiger partial charge in [0.15, 0.2) is 5.82 Å². The Bertz CT molecular complexity index is 2890. The van der Waals surface area contributed by atoms with Crippen LogP contribution in [0.15, 0.2) is 174 Å². The number of benzene rings is 8. The van der Waals surface area contributed by atoms with E-state index < -0.39 is 0 Å². The number of fused-ring (bicyclic) bond motifs is 6. The maximum atomic E-state index is 6.86. The fraction of sp³-hybridized carbons (Fsp3) is 0. The highest BCUT2D eigenvalue weighted by Crippen LogP contribution is 2.43. The number of rotatable bonds is 4. The fourth-order valence-electron chi connectivity index (χ4n) is 7.23. The first-order valence-electron chi connectivity index (χ1n) is 16.6. The quantitative estimate of drug-likeness (QED) is 0.196. The van der Waals surface area contributed by atoms with Crippen molar-refractivity contribution in [2.24, 2.45) is 0 Å². The van der Waals surface area contributed by atoms with Gasteiger partial charge < -0.3 is 4.42 Å². The molecule has 8 aromatic carbocycles.